The van der Waals surface area contributed by atoms with Crippen LogP contribution in [0.1, 0.15) is 51.7 Å². The minimum atomic E-state index is 0.118. The number of ether oxygens (including phenoxy) is 1. The highest BCUT2D eigenvalue weighted by Crippen LogP contribution is 2.32. The molecule has 1 rings (SSSR count). The number of hydrogen-bond acceptors (Lipinski definition) is 1. The van der Waals surface area contributed by atoms with Crippen molar-refractivity contribution >= 4 is 11.6 Å². The van der Waals surface area contributed by atoms with E-state index in [1.54, 1.807) is 0 Å². The molecule has 0 unspecified atom stereocenters. The maximum Gasteiger partial charge on any atom is 0.123 e. The Morgan fingerprint density at radius 3 is 2.44 bits per heavy atom. The summed E-state index contributed by atoms with van der Waals surface area (Å²) in [6, 6.07) is 6.54. The van der Waals surface area contributed by atoms with Crippen molar-refractivity contribution in [2.45, 2.75) is 52.4 Å². The summed E-state index contributed by atoms with van der Waals surface area (Å²) in [6.45, 7) is 9.62. The van der Waals surface area contributed by atoms with Crippen molar-refractivity contribution in [1.82, 2.24) is 0 Å². The Morgan fingerprint density at radius 2 is 1.89 bits per heavy atom. The molecule has 1 nitrogen and oxygen atoms in total. The summed E-state index contributed by atoms with van der Waals surface area (Å²) < 4.78 is 5.91. The number of halogens is 1. The van der Waals surface area contributed by atoms with Crippen LogP contribution in [0.3, 0.4) is 0 Å². The average molecular weight is 269 g/mol. The van der Waals surface area contributed by atoms with Crippen molar-refractivity contribution in [3.8, 4) is 5.75 Å². The number of unbranched alkanes of at least 4 members (excludes halogenated alkanes) is 1. The van der Waals surface area contributed by atoms with Crippen molar-refractivity contribution < 1.29 is 4.74 Å². The molecule has 0 N–H and O–H groups in total. The molecule has 1 aromatic carbocycles. The highest BCUT2D eigenvalue weighted by atomic mass is 35.5. The second kappa shape index (κ2) is 7.04. The predicted octanol–water partition coefficient (Wildman–Crippen LogP) is 4.94. The summed E-state index contributed by atoms with van der Waals surface area (Å²) in [5.41, 5.74) is 2.79. The summed E-state index contributed by atoms with van der Waals surface area (Å²) in [7, 11) is 0. The molecule has 0 saturated carbocycles. The van der Waals surface area contributed by atoms with Crippen LogP contribution in [0.4, 0.5) is 0 Å². The minimum absolute atomic E-state index is 0.118. The maximum absolute atomic E-state index is 5.91. The first kappa shape index (κ1) is 15.4. The third kappa shape index (κ3) is 4.53. The van der Waals surface area contributed by atoms with Crippen molar-refractivity contribution in [2.75, 3.05) is 12.5 Å². The Bertz CT molecular complexity index is 366. The lowest BCUT2D eigenvalue weighted by atomic mass is 9.85. The quantitative estimate of drug-likeness (QED) is 0.524. The van der Waals surface area contributed by atoms with Gasteiger partial charge in [-0.2, -0.15) is 0 Å². The van der Waals surface area contributed by atoms with Crippen LogP contribution in [0.15, 0.2) is 18.2 Å². The van der Waals surface area contributed by atoms with Crippen LogP contribution < -0.4 is 4.74 Å². The van der Waals surface area contributed by atoms with E-state index in [0.29, 0.717) is 5.88 Å². The Morgan fingerprint density at radius 1 is 1.17 bits per heavy atom. The van der Waals surface area contributed by atoms with E-state index in [2.05, 4.69) is 45.9 Å². The summed E-state index contributed by atoms with van der Waals surface area (Å²) in [4.78, 5) is 0. The van der Waals surface area contributed by atoms with Gasteiger partial charge in [-0.1, -0.05) is 39.8 Å². The van der Waals surface area contributed by atoms with Gasteiger partial charge in [-0.15, -0.1) is 11.6 Å². The van der Waals surface area contributed by atoms with E-state index in [1.165, 1.54) is 11.1 Å². The van der Waals surface area contributed by atoms with Gasteiger partial charge in [0.05, 0.1) is 6.61 Å². The van der Waals surface area contributed by atoms with Gasteiger partial charge in [-0.3, -0.25) is 0 Å². The molecule has 0 aliphatic carbocycles. The van der Waals surface area contributed by atoms with Gasteiger partial charge < -0.3 is 4.74 Å². The second-order valence-corrected chi connectivity index (χ2v) is 6.06. The molecule has 0 spiro atoms. The molecule has 0 aliphatic heterocycles. The van der Waals surface area contributed by atoms with Crippen LogP contribution >= 0.6 is 11.6 Å². The summed E-state index contributed by atoms with van der Waals surface area (Å²) in [6.07, 6.45) is 3.09. The van der Waals surface area contributed by atoms with Gasteiger partial charge in [-0.25, -0.2) is 0 Å². The summed E-state index contributed by atoms with van der Waals surface area (Å²) >= 11 is 5.67. The molecule has 1 aromatic rings. The number of benzene rings is 1. The van der Waals surface area contributed by atoms with Crippen LogP contribution in [0.25, 0.3) is 0 Å². The van der Waals surface area contributed by atoms with Crippen molar-refractivity contribution in [3.05, 3.63) is 29.3 Å². The lowest BCUT2D eigenvalue weighted by Crippen LogP contribution is -2.14. The molecule has 0 fully saturated rings. The van der Waals surface area contributed by atoms with Crippen LogP contribution in [-0.4, -0.2) is 12.5 Å². The van der Waals surface area contributed by atoms with E-state index >= 15 is 0 Å². The Labute approximate surface area is 116 Å². The molecule has 0 atom stereocenters. The molecule has 0 aromatic heterocycles. The fraction of sp³-hybridized carbons (Fsp3) is 0.625. The normalized spacial score (nSPS) is 11.6. The number of hydrogen-bond donors (Lipinski definition) is 0. The zero-order chi connectivity index (χ0) is 13.6. The number of rotatable bonds is 6. The highest BCUT2D eigenvalue weighted by Gasteiger charge is 2.19. The largest absolute Gasteiger partial charge is 0.493 e. The van der Waals surface area contributed by atoms with Crippen LogP contribution in [0.5, 0.6) is 5.75 Å². The molecular weight excluding hydrogens is 244 g/mol. The van der Waals surface area contributed by atoms with Gasteiger partial charge in [-0.05, 0) is 41.9 Å². The standard InChI is InChI=1S/C16H25ClO/c1-5-13-8-9-15(18-11-7-6-10-17)14(12-13)16(2,3)4/h8-9,12H,5-7,10-11H2,1-4H3. The fourth-order valence-corrected chi connectivity index (χ4v) is 2.08. The summed E-state index contributed by atoms with van der Waals surface area (Å²) in [5.74, 6) is 1.74. The molecule has 0 heterocycles. The molecule has 0 aliphatic rings. The lowest BCUT2D eigenvalue weighted by molar-refractivity contribution is 0.301. The van der Waals surface area contributed by atoms with Crippen molar-refractivity contribution in [1.29, 1.82) is 0 Å². The first-order valence-corrected chi connectivity index (χ1v) is 7.34. The number of aryl methyl sites for hydroxylation is 1. The first-order chi connectivity index (χ1) is 8.49. The fourth-order valence-electron chi connectivity index (χ4n) is 1.89. The minimum Gasteiger partial charge on any atom is -0.493 e. The number of alkyl halides is 1. The molecule has 2 heteroatoms. The molecule has 0 radical (unpaired) electrons. The third-order valence-corrected chi connectivity index (χ3v) is 3.31. The molecule has 0 saturated heterocycles. The second-order valence-electron chi connectivity index (χ2n) is 5.68. The molecule has 0 amide bonds. The van der Waals surface area contributed by atoms with Crippen LogP contribution in [-0.2, 0) is 11.8 Å². The SMILES string of the molecule is CCc1ccc(OCCCCCl)c(C(C)(C)C)c1. The summed E-state index contributed by atoms with van der Waals surface area (Å²) in [5, 5.41) is 0. The van der Waals surface area contributed by atoms with Crippen LogP contribution in [0, 0.1) is 0 Å². The molecule has 0 bridgehead atoms. The van der Waals surface area contributed by atoms with Crippen LogP contribution in [0.2, 0.25) is 0 Å². The highest BCUT2D eigenvalue weighted by molar-refractivity contribution is 6.17. The van der Waals surface area contributed by atoms with Crippen molar-refractivity contribution in [3.63, 3.8) is 0 Å². The lowest BCUT2D eigenvalue weighted by Gasteiger charge is -2.23. The molecule has 18 heavy (non-hydrogen) atoms. The van der Waals surface area contributed by atoms with Gasteiger partial charge in [0.2, 0.25) is 0 Å². The molecular formula is C16H25ClO. The van der Waals surface area contributed by atoms with E-state index in [1.807, 2.05) is 0 Å². The topological polar surface area (TPSA) is 9.23 Å². The van der Waals surface area contributed by atoms with Gasteiger partial charge in [0.15, 0.2) is 0 Å². The van der Waals surface area contributed by atoms with Gasteiger partial charge in [0.1, 0.15) is 5.75 Å². The Balaban J connectivity index is 2.82. The maximum atomic E-state index is 5.91. The van der Waals surface area contributed by atoms with Gasteiger partial charge in [0, 0.05) is 5.88 Å². The Kier molecular flexibility index (Phi) is 6.01. The predicted molar refractivity (Wildman–Crippen MR) is 80.0 cm³/mol. The first-order valence-electron chi connectivity index (χ1n) is 6.81. The van der Waals surface area contributed by atoms with E-state index < -0.39 is 0 Å². The van der Waals surface area contributed by atoms with E-state index in [9.17, 15) is 0 Å². The van der Waals surface area contributed by atoms with Gasteiger partial charge >= 0.3 is 0 Å². The molecule has 102 valence electrons. The van der Waals surface area contributed by atoms with Gasteiger partial charge in [0.25, 0.3) is 0 Å². The third-order valence-electron chi connectivity index (χ3n) is 3.05. The van der Waals surface area contributed by atoms with E-state index in [-0.39, 0.29) is 5.41 Å². The van der Waals surface area contributed by atoms with E-state index in [4.69, 9.17) is 16.3 Å². The van der Waals surface area contributed by atoms with Crippen molar-refractivity contribution in [2.24, 2.45) is 0 Å². The monoisotopic (exact) mass is 268 g/mol. The smallest absolute Gasteiger partial charge is 0.123 e. The zero-order valence-electron chi connectivity index (χ0n) is 12.1. The average Bonchev–Trinajstić information content (AvgIpc) is 2.33. The zero-order valence-corrected chi connectivity index (χ0v) is 12.8. The van der Waals surface area contributed by atoms with E-state index in [0.717, 1.165) is 31.6 Å². The Hall–Kier alpha value is -0.690.